The van der Waals surface area contributed by atoms with Crippen LogP contribution in [0, 0.1) is 11.3 Å². The molecule has 0 spiro atoms. The van der Waals surface area contributed by atoms with Crippen LogP contribution in [-0.4, -0.2) is 33.9 Å². The highest BCUT2D eigenvalue weighted by Gasteiger charge is 2.28. The number of amides is 1. The van der Waals surface area contributed by atoms with Crippen LogP contribution in [0.1, 0.15) is 50.4 Å². The number of rotatable bonds is 1. The predicted molar refractivity (Wildman–Crippen MR) is 74.7 cm³/mol. The molecule has 0 aliphatic carbocycles. The molecule has 4 heteroatoms. The van der Waals surface area contributed by atoms with Gasteiger partial charge in [-0.15, -0.1) is 0 Å². The average molecular weight is 261 g/mol. The number of hydrogen-bond donors (Lipinski definition) is 0. The molecular weight excluding hydrogens is 238 g/mol. The van der Waals surface area contributed by atoms with Gasteiger partial charge in [0.15, 0.2) is 0 Å². The Morgan fingerprint density at radius 3 is 2.53 bits per heavy atom. The van der Waals surface area contributed by atoms with E-state index in [0.29, 0.717) is 16.9 Å². The minimum Gasteiger partial charge on any atom is -0.339 e. The fraction of sp³-hybridized carbons (Fsp3) is 0.667. The minimum atomic E-state index is 0.0650. The molecule has 1 atom stereocenters. The highest BCUT2D eigenvalue weighted by molar-refractivity contribution is 5.93. The first-order valence-electron chi connectivity index (χ1n) is 7.03. The van der Waals surface area contributed by atoms with Crippen molar-refractivity contribution < 1.29 is 4.79 Å². The second kappa shape index (κ2) is 5.68. The lowest BCUT2D eigenvalue weighted by molar-refractivity contribution is 0.0754. The largest absolute Gasteiger partial charge is 0.339 e. The van der Waals surface area contributed by atoms with E-state index in [1.807, 2.05) is 4.90 Å². The zero-order valence-corrected chi connectivity index (χ0v) is 12.1. The quantitative estimate of drug-likeness (QED) is 0.781. The molecule has 0 radical (unpaired) electrons. The molecule has 1 aromatic heterocycles. The molecule has 0 aromatic carbocycles. The van der Waals surface area contributed by atoms with Crippen LogP contribution in [0.3, 0.4) is 0 Å². The smallest absolute Gasteiger partial charge is 0.256 e. The normalized spacial score (nSPS) is 21.0. The van der Waals surface area contributed by atoms with Crippen LogP contribution in [-0.2, 0) is 0 Å². The molecule has 0 saturated carbocycles. The fourth-order valence-electron chi connectivity index (χ4n) is 2.76. The Labute approximate surface area is 115 Å². The monoisotopic (exact) mass is 261 g/mol. The average Bonchev–Trinajstić information content (AvgIpc) is 2.64. The van der Waals surface area contributed by atoms with Gasteiger partial charge in [-0.25, -0.2) is 9.97 Å². The molecule has 1 amide bonds. The summed E-state index contributed by atoms with van der Waals surface area (Å²) in [5.74, 6) is 0.757. The van der Waals surface area contributed by atoms with E-state index in [4.69, 9.17) is 0 Å². The van der Waals surface area contributed by atoms with Crippen LogP contribution in [0.2, 0.25) is 0 Å². The molecule has 1 aromatic rings. The van der Waals surface area contributed by atoms with Crippen molar-refractivity contribution in [3.63, 3.8) is 0 Å². The lowest BCUT2D eigenvalue weighted by atomic mass is 9.77. The molecule has 0 bridgehead atoms. The molecule has 1 aliphatic heterocycles. The minimum absolute atomic E-state index is 0.0650. The standard InChI is InChI=1S/C15H23N3O/c1-15(2,3)13-5-4-7-18(8-6-13)14(19)12-9-16-11-17-10-12/h9-11,13H,4-8H2,1-3H3/t13-/m1/s1. The molecule has 0 N–H and O–H groups in total. The maximum absolute atomic E-state index is 12.4. The first-order valence-corrected chi connectivity index (χ1v) is 7.03. The summed E-state index contributed by atoms with van der Waals surface area (Å²) in [5.41, 5.74) is 0.922. The highest BCUT2D eigenvalue weighted by Crippen LogP contribution is 2.34. The molecule has 4 nitrogen and oxygen atoms in total. The van der Waals surface area contributed by atoms with Gasteiger partial charge in [0, 0.05) is 25.5 Å². The number of hydrogen-bond acceptors (Lipinski definition) is 3. The van der Waals surface area contributed by atoms with Crippen molar-refractivity contribution in [2.75, 3.05) is 13.1 Å². The summed E-state index contributed by atoms with van der Waals surface area (Å²) >= 11 is 0. The third-order valence-electron chi connectivity index (χ3n) is 4.05. The number of carbonyl (C=O) groups is 1. The molecule has 1 aliphatic rings. The second-order valence-corrected chi connectivity index (χ2v) is 6.41. The molecule has 0 unspecified atom stereocenters. The molecule has 19 heavy (non-hydrogen) atoms. The van der Waals surface area contributed by atoms with Crippen molar-refractivity contribution in [3.05, 3.63) is 24.3 Å². The summed E-state index contributed by atoms with van der Waals surface area (Å²) in [5, 5.41) is 0. The van der Waals surface area contributed by atoms with Crippen LogP contribution in [0.25, 0.3) is 0 Å². The Morgan fingerprint density at radius 1 is 1.21 bits per heavy atom. The Kier molecular flexibility index (Phi) is 4.17. The SMILES string of the molecule is CC(C)(C)[C@@H]1CCCN(C(=O)c2cncnc2)CC1. The van der Waals surface area contributed by atoms with E-state index in [9.17, 15) is 4.79 Å². The Balaban J connectivity index is 2.02. The molecule has 1 saturated heterocycles. The maximum atomic E-state index is 12.4. The van der Waals surface area contributed by atoms with E-state index >= 15 is 0 Å². The number of likely N-dealkylation sites (tertiary alicyclic amines) is 1. The van der Waals surface area contributed by atoms with Gasteiger partial charge >= 0.3 is 0 Å². The summed E-state index contributed by atoms with van der Waals surface area (Å²) in [6, 6.07) is 0. The topological polar surface area (TPSA) is 46.1 Å². The summed E-state index contributed by atoms with van der Waals surface area (Å²) in [4.78, 5) is 22.1. The van der Waals surface area contributed by atoms with Crippen LogP contribution in [0.15, 0.2) is 18.7 Å². The van der Waals surface area contributed by atoms with Crippen molar-refractivity contribution in [2.45, 2.75) is 40.0 Å². The number of aromatic nitrogens is 2. The second-order valence-electron chi connectivity index (χ2n) is 6.41. The molecule has 104 valence electrons. The number of nitrogens with zero attached hydrogens (tertiary/aromatic N) is 3. The van der Waals surface area contributed by atoms with Gasteiger partial charge in [-0.3, -0.25) is 4.79 Å². The Hall–Kier alpha value is -1.45. The number of carbonyl (C=O) groups excluding carboxylic acids is 1. The molecule has 2 rings (SSSR count). The van der Waals surface area contributed by atoms with Gasteiger partial charge in [0.05, 0.1) is 5.56 Å². The fourth-order valence-corrected chi connectivity index (χ4v) is 2.76. The van der Waals surface area contributed by atoms with Gasteiger partial charge in [-0.05, 0) is 30.6 Å². The Bertz CT molecular complexity index is 425. The molecule has 1 fully saturated rings. The van der Waals surface area contributed by atoms with Crippen molar-refractivity contribution in [3.8, 4) is 0 Å². The van der Waals surface area contributed by atoms with E-state index in [0.717, 1.165) is 25.9 Å². The summed E-state index contributed by atoms with van der Waals surface area (Å²) < 4.78 is 0. The maximum Gasteiger partial charge on any atom is 0.256 e. The first-order chi connectivity index (χ1) is 8.98. The zero-order valence-electron chi connectivity index (χ0n) is 12.1. The lowest BCUT2D eigenvalue weighted by Crippen LogP contribution is -2.32. The van der Waals surface area contributed by atoms with Crippen LogP contribution < -0.4 is 0 Å². The van der Waals surface area contributed by atoms with Crippen LogP contribution in [0.5, 0.6) is 0 Å². The predicted octanol–water partition coefficient (Wildman–Crippen LogP) is 2.77. The summed E-state index contributed by atoms with van der Waals surface area (Å²) in [6.45, 7) is 8.57. The summed E-state index contributed by atoms with van der Waals surface area (Å²) in [6.07, 6.45) is 8.03. The van der Waals surface area contributed by atoms with Gasteiger partial charge in [0.2, 0.25) is 0 Å². The first kappa shape index (κ1) is 14.0. The van der Waals surface area contributed by atoms with Gasteiger partial charge in [0.1, 0.15) is 6.33 Å². The van der Waals surface area contributed by atoms with Crippen molar-refractivity contribution >= 4 is 5.91 Å². The van der Waals surface area contributed by atoms with Gasteiger partial charge < -0.3 is 4.90 Å². The van der Waals surface area contributed by atoms with Crippen molar-refractivity contribution in [1.82, 2.24) is 14.9 Å². The highest BCUT2D eigenvalue weighted by atomic mass is 16.2. The van der Waals surface area contributed by atoms with Gasteiger partial charge in [0.25, 0.3) is 5.91 Å². The van der Waals surface area contributed by atoms with E-state index in [1.165, 1.54) is 12.7 Å². The van der Waals surface area contributed by atoms with E-state index in [1.54, 1.807) is 12.4 Å². The third-order valence-corrected chi connectivity index (χ3v) is 4.05. The third kappa shape index (κ3) is 3.52. The lowest BCUT2D eigenvalue weighted by Gasteiger charge is -2.29. The van der Waals surface area contributed by atoms with Crippen LogP contribution in [0.4, 0.5) is 0 Å². The van der Waals surface area contributed by atoms with E-state index in [-0.39, 0.29) is 5.91 Å². The zero-order chi connectivity index (χ0) is 13.9. The van der Waals surface area contributed by atoms with Crippen LogP contribution >= 0.6 is 0 Å². The Morgan fingerprint density at radius 2 is 1.89 bits per heavy atom. The van der Waals surface area contributed by atoms with Gasteiger partial charge in [-0.2, -0.15) is 0 Å². The summed E-state index contributed by atoms with van der Waals surface area (Å²) in [7, 11) is 0. The van der Waals surface area contributed by atoms with Gasteiger partial charge in [-0.1, -0.05) is 20.8 Å². The van der Waals surface area contributed by atoms with Crippen molar-refractivity contribution in [1.29, 1.82) is 0 Å². The van der Waals surface area contributed by atoms with E-state index in [2.05, 4.69) is 30.7 Å². The molecular formula is C15H23N3O. The molecule has 2 heterocycles. The van der Waals surface area contributed by atoms with E-state index < -0.39 is 0 Å². The van der Waals surface area contributed by atoms with Crippen molar-refractivity contribution in [2.24, 2.45) is 11.3 Å².